The molecule has 0 spiro atoms. The average Bonchev–Trinajstić information content (AvgIpc) is 3.50. The molecule has 11 nitrogen and oxygen atoms in total. The number of amides is 1. The Morgan fingerprint density at radius 2 is 1.89 bits per heavy atom. The van der Waals surface area contributed by atoms with Gasteiger partial charge in [0.25, 0.3) is 5.89 Å². The maximum Gasteiger partial charge on any atom is 0.350 e. The molecule has 4 heterocycles. The second-order valence-electron chi connectivity index (χ2n) is 8.25. The van der Waals surface area contributed by atoms with Crippen molar-refractivity contribution in [3.05, 3.63) is 59.1 Å². The first-order valence-electron chi connectivity index (χ1n) is 11.5. The number of rotatable bonds is 6. The van der Waals surface area contributed by atoms with Crippen molar-refractivity contribution in [1.29, 1.82) is 0 Å². The number of piperidine rings is 1. The van der Waals surface area contributed by atoms with E-state index in [1.807, 2.05) is 30.3 Å². The molecule has 180 valence electrons. The zero-order valence-electron chi connectivity index (χ0n) is 19.2. The number of carbonyl (C=O) groups is 2. The van der Waals surface area contributed by atoms with Gasteiger partial charge in [0.1, 0.15) is 6.54 Å². The Morgan fingerprint density at radius 1 is 1.11 bits per heavy atom. The third kappa shape index (κ3) is 4.44. The number of carbonyl (C=O) groups excluding carboxylic acids is 2. The third-order valence-electron chi connectivity index (χ3n) is 6.05. The minimum absolute atomic E-state index is 0.199. The molecule has 3 aromatic heterocycles. The van der Waals surface area contributed by atoms with Gasteiger partial charge in [0.15, 0.2) is 5.65 Å². The van der Waals surface area contributed by atoms with Crippen LogP contribution in [-0.4, -0.2) is 60.8 Å². The van der Waals surface area contributed by atoms with Gasteiger partial charge in [0.2, 0.25) is 11.7 Å². The highest BCUT2D eigenvalue weighted by Crippen LogP contribution is 2.24. The minimum atomic E-state index is -0.445. The molecular weight excluding hydrogens is 452 g/mol. The van der Waals surface area contributed by atoms with Crippen molar-refractivity contribution < 1.29 is 18.8 Å². The number of esters is 1. The SMILES string of the molecule is CCOC(=O)C1CCN(C(=O)Cn2nc3c(-c4nc(-c5ccccc5)no4)cccn3c2=O)CC1. The minimum Gasteiger partial charge on any atom is -0.466 e. The first-order chi connectivity index (χ1) is 17.0. The molecule has 5 rings (SSSR count). The number of pyridine rings is 1. The van der Waals surface area contributed by atoms with Crippen LogP contribution >= 0.6 is 0 Å². The number of likely N-dealkylation sites (tertiary alicyclic amines) is 1. The van der Waals surface area contributed by atoms with Crippen molar-refractivity contribution >= 4 is 17.5 Å². The van der Waals surface area contributed by atoms with Crippen LogP contribution in [0.2, 0.25) is 0 Å². The molecule has 35 heavy (non-hydrogen) atoms. The van der Waals surface area contributed by atoms with E-state index in [1.165, 1.54) is 4.40 Å². The second-order valence-corrected chi connectivity index (χ2v) is 8.25. The number of benzene rings is 1. The van der Waals surface area contributed by atoms with Crippen molar-refractivity contribution in [2.75, 3.05) is 19.7 Å². The van der Waals surface area contributed by atoms with Crippen LogP contribution < -0.4 is 5.69 Å². The average molecular weight is 476 g/mol. The summed E-state index contributed by atoms with van der Waals surface area (Å²) in [6.45, 7) is 2.77. The van der Waals surface area contributed by atoms with Gasteiger partial charge in [0, 0.05) is 24.8 Å². The number of hydrogen-bond donors (Lipinski definition) is 0. The molecule has 0 saturated carbocycles. The molecule has 0 aliphatic carbocycles. The Bertz CT molecular complexity index is 1420. The van der Waals surface area contributed by atoms with E-state index in [0.29, 0.717) is 49.6 Å². The van der Waals surface area contributed by atoms with Crippen molar-refractivity contribution in [2.24, 2.45) is 5.92 Å². The van der Waals surface area contributed by atoms with E-state index in [4.69, 9.17) is 9.26 Å². The van der Waals surface area contributed by atoms with Gasteiger partial charge < -0.3 is 14.2 Å². The number of ether oxygens (including phenoxy) is 1. The standard InChI is InChI=1S/C24H24N6O5/c1-2-34-23(32)17-10-13-28(14-11-17)19(31)15-30-24(33)29-12-6-9-18(21(29)26-30)22-25-20(27-35-22)16-7-4-3-5-8-16/h3-9,12,17H,2,10-11,13-15H2,1H3. The molecular formula is C24H24N6O5. The number of hydrogen-bond acceptors (Lipinski definition) is 8. The number of nitrogens with zero attached hydrogens (tertiary/aromatic N) is 6. The second kappa shape index (κ2) is 9.53. The normalized spacial score (nSPS) is 14.4. The van der Waals surface area contributed by atoms with E-state index in [2.05, 4.69) is 15.2 Å². The van der Waals surface area contributed by atoms with E-state index in [-0.39, 0.29) is 30.2 Å². The maximum absolute atomic E-state index is 12.9. The summed E-state index contributed by atoms with van der Waals surface area (Å²) in [5.41, 5.74) is 1.16. The summed E-state index contributed by atoms with van der Waals surface area (Å²) in [6.07, 6.45) is 2.65. The monoisotopic (exact) mass is 476 g/mol. The van der Waals surface area contributed by atoms with Gasteiger partial charge in [0.05, 0.1) is 18.1 Å². The zero-order valence-corrected chi connectivity index (χ0v) is 19.2. The summed E-state index contributed by atoms with van der Waals surface area (Å²) in [5.74, 6) is -0.0110. The van der Waals surface area contributed by atoms with Gasteiger partial charge in [-0.25, -0.2) is 13.9 Å². The fraction of sp³-hybridized carbons (Fsp3) is 0.333. The van der Waals surface area contributed by atoms with Crippen LogP contribution in [0.4, 0.5) is 0 Å². The molecule has 0 unspecified atom stereocenters. The van der Waals surface area contributed by atoms with Crippen molar-refractivity contribution in [2.45, 2.75) is 26.3 Å². The van der Waals surface area contributed by atoms with Gasteiger partial charge in [-0.2, -0.15) is 4.98 Å². The Hall–Kier alpha value is -4.28. The largest absolute Gasteiger partial charge is 0.466 e. The highest BCUT2D eigenvalue weighted by atomic mass is 16.5. The maximum atomic E-state index is 12.9. The van der Waals surface area contributed by atoms with Gasteiger partial charge in [-0.1, -0.05) is 35.5 Å². The Labute approximate surface area is 199 Å². The third-order valence-corrected chi connectivity index (χ3v) is 6.05. The van der Waals surface area contributed by atoms with Crippen LogP contribution in [0.3, 0.4) is 0 Å². The van der Waals surface area contributed by atoms with Crippen molar-refractivity contribution in [1.82, 2.24) is 29.2 Å². The molecule has 4 aromatic rings. The summed E-state index contributed by atoms with van der Waals surface area (Å²) in [6, 6.07) is 12.8. The van der Waals surface area contributed by atoms with Gasteiger partial charge >= 0.3 is 11.7 Å². The lowest BCUT2D eigenvalue weighted by Crippen LogP contribution is -2.43. The summed E-state index contributed by atoms with van der Waals surface area (Å²) in [7, 11) is 0. The van der Waals surface area contributed by atoms with E-state index >= 15 is 0 Å². The predicted molar refractivity (Wildman–Crippen MR) is 124 cm³/mol. The highest BCUT2D eigenvalue weighted by molar-refractivity contribution is 5.77. The first-order valence-corrected chi connectivity index (χ1v) is 11.5. The van der Waals surface area contributed by atoms with Crippen LogP contribution in [-0.2, 0) is 20.9 Å². The van der Waals surface area contributed by atoms with Crippen LogP contribution in [0.5, 0.6) is 0 Å². The predicted octanol–water partition coefficient (Wildman–Crippen LogP) is 2.01. The lowest BCUT2D eigenvalue weighted by molar-refractivity contribution is -0.151. The van der Waals surface area contributed by atoms with Crippen molar-refractivity contribution in [3.63, 3.8) is 0 Å². The summed E-state index contributed by atoms with van der Waals surface area (Å²) in [4.78, 5) is 43.9. The van der Waals surface area contributed by atoms with E-state index in [9.17, 15) is 14.4 Å². The van der Waals surface area contributed by atoms with Gasteiger partial charge in [-0.3, -0.25) is 9.59 Å². The topological polar surface area (TPSA) is 125 Å². The van der Waals surface area contributed by atoms with Crippen LogP contribution in [0.15, 0.2) is 58.0 Å². The van der Waals surface area contributed by atoms with E-state index < -0.39 is 5.69 Å². The van der Waals surface area contributed by atoms with Crippen LogP contribution in [0.1, 0.15) is 19.8 Å². The molecule has 1 aliphatic heterocycles. The fourth-order valence-electron chi connectivity index (χ4n) is 4.20. The molecule has 1 fully saturated rings. The molecule has 1 aliphatic rings. The molecule has 1 amide bonds. The fourth-order valence-corrected chi connectivity index (χ4v) is 4.20. The van der Waals surface area contributed by atoms with Crippen molar-refractivity contribution in [3.8, 4) is 22.8 Å². The Balaban J connectivity index is 1.35. The first kappa shape index (κ1) is 22.5. The quantitative estimate of drug-likeness (QED) is 0.387. The summed E-state index contributed by atoms with van der Waals surface area (Å²) >= 11 is 0. The molecule has 0 radical (unpaired) electrons. The lowest BCUT2D eigenvalue weighted by atomic mass is 9.97. The molecule has 11 heteroatoms. The van der Waals surface area contributed by atoms with Crippen LogP contribution in [0.25, 0.3) is 28.5 Å². The zero-order chi connectivity index (χ0) is 24.4. The van der Waals surface area contributed by atoms with E-state index in [0.717, 1.165) is 10.2 Å². The Morgan fingerprint density at radius 3 is 2.63 bits per heavy atom. The Kier molecular flexibility index (Phi) is 6.13. The summed E-state index contributed by atoms with van der Waals surface area (Å²) in [5, 5.41) is 8.43. The van der Waals surface area contributed by atoms with Crippen LogP contribution in [0, 0.1) is 5.92 Å². The van der Waals surface area contributed by atoms with Gasteiger partial charge in [-0.05, 0) is 31.9 Å². The smallest absolute Gasteiger partial charge is 0.350 e. The highest BCUT2D eigenvalue weighted by Gasteiger charge is 2.29. The molecule has 0 N–H and O–H groups in total. The molecule has 1 aromatic carbocycles. The van der Waals surface area contributed by atoms with E-state index in [1.54, 1.807) is 30.2 Å². The summed E-state index contributed by atoms with van der Waals surface area (Å²) < 4.78 is 13.0. The lowest BCUT2D eigenvalue weighted by Gasteiger charge is -2.30. The number of aromatic nitrogens is 5. The molecule has 0 bridgehead atoms. The van der Waals surface area contributed by atoms with Gasteiger partial charge in [-0.15, -0.1) is 5.10 Å². The molecule has 1 saturated heterocycles. The molecule has 0 atom stereocenters. The number of fused-ring (bicyclic) bond motifs is 1.